The molecule has 0 amide bonds. The Morgan fingerprint density at radius 1 is 1.31 bits per heavy atom. The monoisotopic (exact) mass is 218 g/mol. The van der Waals surface area contributed by atoms with Crippen molar-refractivity contribution in [3.8, 4) is 0 Å². The lowest BCUT2D eigenvalue weighted by atomic mass is 9.87. The van der Waals surface area contributed by atoms with Crippen LogP contribution in [0, 0.1) is 5.41 Å². The van der Waals surface area contributed by atoms with Crippen molar-refractivity contribution in [1.82, 2.24) is 0 Å². The number of hydrogen-bond acceptors (Lipinski definition) is 1. The maximum atomic E-state index is 11.7. The largest absolute Gasteiger partial charge is 0.295 e. The predicted octanol–water partition coefficient (Wildman–Crippen LogP) is 4.21. The van der Waals surface area contributed by atoms with Crippen LogP contribution in [0.15, 0.2) is 36.0 Å². The number of allylic oxidation sites excluding steroid dienone is 5. The van der Waals surface area contributed by atoms with Gasteiger partial charge in [-0.2, -0.15) is 0 Å². The van der Waals surface area contributed by atoms with Crippen molar-refractivity contribution in [1.29, 1.82) is 0 Å². The number of Topliss-reactive ketones (excluding diaryl/α,β-unsaturated/α-hetero) is 1. The van der Waals surface area contributed by atoms with Gasteiger partial charge in [-0.3, -0.25) is 4.79 Å². The zero-order chi connectivity index (χ0) is 12.2. The van der Waals surface area contributed by atoms with E-state index in [9.17, 15) is 4.79 Å². The molecule has 0 unspecified atom stereocenters. The van der Waals surface area contributed by atoms with Gasteiger partial charge in [-0.05, 0) is 37.2 Å². The quantitative estimate of drug-likeness (QED) is 0.439. The molecule has 88 valence electrons. The van der Waals surface area contributed by atoms with E-state index >= 15 is 0 Å². The van der Waals surface area contributed by atoms with Crippen molar-refractivity contribution in [2.45, 2.75) is 46.5 Å². The first kappa shape index (κ1) is 13.0. The van der Waals surface area contributed by atoms with E-state index in [2.05, 4.69) is 45.6 Å². The van der Waals surface area contributed by atoms with Crippen LogP contribution in [-0.4, -0.2) is 5.78 Å². The van der Waals surface area contributed by atoms with Gasteiger partial charge in [-0.1, -0.05) is 44.2 Å². The minimum absolute atomic E-state index is 0.176. The first-order valence-electron chi connectivity index (χ1n) is 5.95. The van der Waals surface area contributed by atoms with Crippen LogP contribution in [0.2, 0.25) is 0 Å². The average Bonchev–Trinajstić information content (AvgIpc) is 2.23. The predicted molar refractivity (Wildman–Crippen MR) is 69.3 cm³/mol. The standard InChI is InChI=1S/C15H22O/c1-12-7-8-14(16)13(2)6-5-10-15(3,4)11-9-12/h5,9-10H,2,6-8,11H2,1,3-4H3. The third kappa shape index (κ3) is 4.18. The molecule has 16 heavy (non-hydrogen) atoms. The van der Waals surface area contributed by atoms with E-state index in [0.29, 0.717) is 12.8 Å². The minimum Gasteiger partial charge on any atom is -0.295 e. The van der Waals surface area contributed by atoms with Crippen LogP contribution in [0.3, 0.4) is 0 Å². The number of rotatable bonds is 0. The van der Waals surface area contributed by atoms with Crippen molar-refractivity contribution >= 4 is 5.78 Å². The number of ketones is 1. The van der Waals surface area contributed by atoms with Crippen LogP contribution in [0.1, 0.15) is 46.5 Å². The Kier molecular flexibility index (Phi) is 4.28. The van der Waals surface area contributed by atoms with E-state index in [4.69, 9.17) is 0 Å². The fraction of sp³-hybridized carbons (Fsp3) is 0.533. The van der Waals surface area contributed by atoms with Gasteiger partial charge in [0.2, 0.25) is 0 Å². The Morgan fingerprint density at radius 3 is 2.69 bits per heavy atom. The maximum Gasteiger partial charge on any atom is 0.158 e. The van der Waals surface area contributed by atoms with Crippen LogP contribution in [0.25, 0.3) is 0 Å². The Labute approximate surface area is 98.9 Å². The number of carbonyl (C=O) groups excluding carboxylic acids is 1. The third-order valence-electron chi connectivity index (χ3n) is 3.05. The molecule has 0 heterocycles. The van der Waals surface area contributed by atoms with Gasteiger partial charge in [-0.25, -0.2) is 0 Å². The number of hydrogen-bond donors (Lipinski definition) is 0. The molecule has 0 saturated heterocycles. The van der Waals surface area contributed by atoms with E-state index in [1.807, 2.05) is 0 Å². The molecule has 0 saturated carbocycles. The maximum absolute atomic E-state index is 11.7. The summed E-state index contributed by atoms with van der Waals surface area (Å²) in [6, 6.07) is 0. The van der Waals surface area contributed by atoms with Gasteiger partial charge in [0.15, 0.2) is 5.78 Å². The lowest BCUT2D eigenvalue weighted by Crippen LogP contribution is -2.05. The molecular weight excluding hydrogens is 196 g/mol. The van der Waals surface area contributed by atoms with Gasteiger partial charge in [0, 0.05) is 6.42 Å². The van der Waals surface area contributed by atoms with E-state index in [-0.39, 0.29) is 11.2 Å². The molecule has 1 heteroatoms. The van der Waals surface area contributed by atoms with Gasteiger partial charge in [0.1, 0.15) is 0 Å². The summed E-state index contributed by atoms with van der Waals surface area (Å²) in [6.07, 6.45) is 9.74. The molecule has 0 aromatic carbocycles. The fourth-order valence-electron chi connectivity index (χ4n) is 1.73. The second-order valence-corrected chi connectivity index (χ2v) is 5.38. The van der Waals surface area contributed by atoms with E-state index in [0.717, 1.165) is 18.4 Å². The molecule has 0 atom stereocenters. The van der Waals surface area contributed by atoms with Crippen LogP contribution >= 0.6 is 0 Å². The van der Waals surface area contributed by atoms with Crippen molar-refractivity contribution in [2.24, 2.45) is 5.41 Å². The first-order valence-corrected chi connectivity index (χ1v) is 5.95. The molecule has 0 aromatic rings. The second kappa shape index (κ2) is 5.29. The van der Waals surface area contributed by atoms with Crippen molar-refractivity contribution in [3.63, 3.8) is 0 Å². The highest BCUT2D eigenvalue weighted by Gasteiger charge is 2.14. The van der Waals surface area contributed by atoms with Gasteiger partial charge < -0.3 is 0 Å². The van der Waals surface area contributed by atoms with Gasteiger partial charge in [0.05, 0.1) is 0 Å². The lowest BCUT2D eigenvalue weighted by Gasteiger charge is -2.18. The van der Waals surface area contributed by atoms with Gasteiger partial charge >= 0.3 is 0 Å². The normalized spacial score (nSPS) is 22.6. The fourth-order valence-corrected chi connectivity index (χ4v) is 1.73. The Balaban J connectivity index is 2.85. The summed E-state index contributed by atoms with van der Waals surface area (Å²) < 4.78 is 0. The van der Waals surface area contributed by atoms with Crippen LogP contribution in [-0.2, 0) is 4.79 Å². The molecule has 1 nitrogen and oxygen atoms in total. The molecule has 0 radical (unpaired) electrons. The van der Waals surface area contributed by atoms with E-state index < -0.39 is 0 Å². The minimum atomic E-state index is 0.176. The van der Waals surface area contributed by atoms with Crippen LogP contribution < -0.4 is 0 Å². The van der Waals surface area contributed by atoms with Crippen LogP contribution in [0.5, 0.6) is 0 Å². The SMILES string of the molecule is C=C1CC=CC(C)(C)CC=C(C)CCC1=O. The molecule has 1 rings (SSSR count). The van der Waals surface area contributed by atoms with Crippen molar-refractivity contribution in [2.75, 3.05) is 0 Å². The summed E-state index contributed by atoms with van der Waals surface area (Å²) >= 11 is 0. The Morgan fingerprint density at radius 2 is 2.00 bits per heavy atom. The second-order valence-electron chi connectivity index (χ2n) is 5.38. The van der Waals surface area contributed by atoms with Crippen molar-refractivity contribution < 1.29 is 4.79 Å². The zero-order valence-electron chi connectivity index (χ0n) is 10.7. The molecule has 0 bridgehead atoms. The zero-order valence-corrected chi connectivity index (χ0v) is 10.7. The molecule has 0 fully saturated rings. The molecule has 0 aromatic heterocycles. The molecule has 0 N–H and O–H groups in total. The van der Waals surface area contributed by atoms with Crippen molar-refractivity contribution in [3.05, 3.63) is 36.0 Å². The Hall–Kier alpha value is -1.11. The summed E-state index contributed by atoms with van der Waals surface area (Å²) in [5, 5.41) is 0. The topological polar surface area (TPSA) is 17.1 Å². The highest BCUT2D eigenvalue weighted by molar-refractivity contribution is 5.95. The van der Waals surface area contributed by atoms with E-state index in [1.165, 1.54) is 5.57 Å². The first-order chi connectivity index (χ1) is 7.41. The smallest absolute Gasteiger partial charge is 0.158 e. The number of carbonyl (C=O) groups is 1. The highest BCUT2D eigenvalue weighted by Crippen LogP contribution is 2.26. The molecule has 1 aliphatic rings. The molecule has 1 aliphatic carbocycles. The van der Waals surface area contributed by atoms with E-state index in [1.54, 1.807) is 0 Å². The lowest BCUT2D eigenvalue weighted by molar-refractivity contribution is -0.115. The summed E-state index contributed by atoms with van der Waals surface area (Å²) in [7, 11) is 0. The summed E-state index contributed by atoms with van der Waals surface area (Å²) in [6.45, 7) is 10.4. The molecular formula is C15H22O. The Bertz CT molecular complexity index is 342. The molecule has 0 spiro atoms. The van der Waals surface area contributed by atoms with Gasteiger partial charge in [0.25, 0.3) is 0 Å². The molecule has 0 aliphatic heterocycles. The average molecular weight is 218 g/mol. The third-order valence-corrected chi connectivity index (χ3v) is 3.05. The summed E-state index contributed by atoms with van der Waals surface area (Å²) in [5.74, 6) is 0.206. The van der Waals surface area contributed by atoms with Crippen LogP contribution in [0.4, 0.5) is 0 Å². The highest BCUT2D eigenvalue weighted by atomic mass is 16.1. The summed E-state index contributed by atoms with van der Waals surface area (Å²) in [5.41, 5.74) is 2.22. The summed E-state index contributed by atoms with van der Waals surface area (Å²) in [4.78, 5) is 11.7. The van der Waals surface area contributed by atoms with Gasteiger partial charge in [-0.15, -0.1) is 0 Å².